The van der Waals surface area contributed by atoms with Crippen molar-refractivity contribution < 1.29 is 14.3 Å². The molecule has 0 bridgehead atoms. The normalized spacial score (nSPS) is 20.9. The quantitative estimate of drug-likeness (QED) is 0.481. The maximum Gasteiger partial charge on any atom is 0.177 e. The lowest BCUT2D eigenvalue weighted by Crippen LogP contribution is -2.14. The first-order chi connectivity index (χ1) is 5.79. The first-order valence-corrected chi connectivity index (χ1v) is 4.70. The Labute approximate surface area is 75.4 Å². The van der Waals surface area contributed by atoms with Gasteiger partial charge < -0.3 is 9.47 Å². The van der Waals surface area contributed by atoms with Gasteiger partial charge in [0.1, 0.15) is 13.2 Å². The van der Waals surface area contributed by atoms with Crippen LogP contribution in [0.2, 0.25) is 0 Å². The fraction of sp³-hybridized carbons (Fsp3) is 0.375. The molecular formula is C8H10O3S. The van der Waals surface area contributed by atoms with Crippen molar-refractivity contribution in [2.24, 2.45) is 0 Å². The van der Waals surface area contributed by atoms with Gasteiger partial charge in [-0.1, -0.05) is 6.58 Å². The summed E-state index contributed by atoms with van der Waals surface area (Å²) >= 11 is 1.33. The highest BCUT2D eigenvalue weighted by Crippen LogP contribution is 2.24. The summed E-state index contributed by atoms with van der Waals surface area (Å²) in [4.78, 5) is 11.1. The smallest absolute Gasteiger partial charge is 0.177 e. The topological polar surface area (TPSA) is 35.5 Å². The molecule has 1 aliphatic heterocycles. The number of thioether (sulfide) groups is 1. The summed E-state index contributed by atoms with van der Waals surface area (Å²) in [6.45, 7) is 4.62. The molecule has 1 saturated heterocycles. The highest BCUT2D eigenvalue weighted by Gasteiger charge is 2.16. The zero-order valence-electron chi connectivity index (χ0n) is 6.83. The van der Waals surface area contributed by atoms with E-state index >= 15 is 0 Å². The minimum atomic E-state index is 0.442. The van der Waals surface area contributed by atoms with Crippen molar-refractivity contribution in [3.05, 3.63) is 23.0 Å². The van der Waals surface area contributed by atoms with Gasteiger partial charge in [0.25, 0.3) is 0 Å². The Kier molecular flexibility index (Phi) is 3.22. The monoisotopic (exact) mass is 186 g/mol. The third kappa shape index (κ3) is 1.82. The van der Waals surface area contributed by atoms with E-state index in [0.29, 0.717) is 29.6 Å². The molecule has 0 radical (unpaired) electrons. The molecule has 1 heterocycles. The van der Waals surface area contributed by atoms with Crippen LogP contribution >= 0.6 is 11.8 Å². The van der Waals surface area contributed by atoms with Crippen molar-refractivity contribution >= 4 is 18.0 Å². The molecule has 4 heteroatoms. The van der Waals surface area contributed by atoms with E-state index in [4.69, 9.17) is 9.47 Å². The molecule has 0 spiro atoms. The molecule has 0 N–H and O–H groups in total. The Morgan fingerprint density at radius 3 is 2.75 bits per heavy atom. The Morgan fingerprint density at radius 2 is 2.25 bits per heavy atom. The van der Waals surface area contributed by atoms with Gasteiger partial charge in [0.05, 0.1) is 4.91 Å². The molecule has 0 amide bonds. The third-order valence-electron chi connectivity index (χ3n) is 1.41. The molecule has 12 heavy (non-hydrogen) atoms. The number of carbonyl (C=O) groups excluding carboxylic acids is 1. The predicted molar refractivity (Wildman–Crippen MR) is 47.6 cm³/mol. The lowest BCUT2D eigenvalue weighted by atomic mass is 10.4. The van der Waals surface area contributed by atoms with Crippen molar-refractivity contribution in [3.8, 4) is 0 Å². The number of ether oxygens (including phenoxy) is 2. The predicted octanol–water partition coefficient (Wildman–Crippen LogP) is 1.32. The van der Waals surface area contributed by atoms with Crippen molar-refractivity contribution in [3.63, 3.8) is 0 Å². The van der Waals surface area contributed by atoms with E-state index in [9.17, 15) is 4.79 Å². The average molecular weight is 186 g/mol. The Morgan fingerprint density at radius 1 is 1.58 bits per heavy atom. The van der Waals surface area contributed by atoms with Gasteiger partial charge in [0.2, 0.25) is 0 Å². The number of rotatable bonds is 2. The number of hydrogen-bond acceptors (Lipinski definition) is 4. The van der Waals surface area contributed by atoms with E-state index in [1.54, 1.807) is 0 Å². The van der Waals surface area contributed by atoms with Crippen LogP contribution in [0.1, 0.15) is 0 Å². The van der Waals surface area contributed by atoms with E-state index in [0.717, 1.165) is 6.29 Å². The minimum absolute atomic E-state index is 0.442. The Bertz CT molecular complexity index is 232. The van der Waals surface area contributed by atoms with Gasteiger partial charge in [-0.05, 0) is 6.26 Å². The van der Waals surface area contributed by atoms with Gasteiger partial charge in [0.15, 0.2) is 17.8 Å². The first-order valence-electron chi connectivity index (χ1n) is 3.48. The molecule has 66 valence electrons. The van der Waals surface area contributed by atoms with Gasteiger partial charge in [-0.15, -0.1) is 11.8 Å². The lowest BCUT2D eigenvalue weighted by molar-refractivity contribution is -0.104. The maximum absolute atomic E-state index is 10.5. The Balaban J connectivity index is 2.87. The summed E-state index contributed by atoms with van der Waals surface area (Å²) < 4.78 is 10.4. The van der Waals surface area contributed by atoms with Gasteiger partial charge in [-0.25, -0.2) is 0 Å². The molecule has 0 aromatic heterocycles. The number of allylic oxidation sites excluding steroid dienone is 1. The highest BCUT2D eigenvalue weighted by atomic mass is 32.2. The van der Waals surface area contributed by atoms with Crippen LogP contribution in [0.5, 0.6) is 0 Å². The van der Waals surface area contributed by atoms with Gasteiger partial charge in [-0.3, -0.25) is 4.79 Å². The van der Waals surface area contributed by atoms with Crippen molar-refractivity contribution in [1.29, 1.82) is 0 Å². The number of hydrogen-bond donors (Lipinski definition) is 0. The van der Waals surface area contributed by atoms with E-state index in [2.05, 4.69) is 6.58 Å². The second kappa shape index (κ2) is 4.21. The fourth-order valence-electron chi connectivity index (χ4n) is 0.858. The van der Waals surface area contributed by atoms with E-state index in [-0.39, 0.29) is 0 Å². The number of aldehydes is 1. The van der Waals surface area contributed by atoms with Crippen LogP contribution in [0.15, 0.2) is 23.0 Å². The molecule has 1 fully saturated rings. The van der Waals surface area contributed by atoms with Crippen LogP contribution < -0.4 is 0 Å². The zero-order valence-corrected chi connectivity index (χ0v) is 7.65. The molecule has 0 saturated carbocycles. The molecule has 1 rings (SSSR count). The van der Waals surface area contributed by atoms with Crippen LogP contribution in [0, 0.1) is 0 Å². The van der Waals surface area contributed by atoms with Crippen molar-refractivity contribution in [2.45, 2.75) is 0 Å². The molecule has 1 aliphatic rings. The first kappa shape index (κ1) is 9.19. The van der Waals surface area contributed by atoms with Gasteiger partial charge >= 0.3 is 0 Å². The molecule has 0 aromatic carbocycles. The van der Waals surface area contributed by atoms with Crippen LogP contribution in [0.25, 0.3) is 0 Å². The number of carbonyl (C=O) groups is 1. The molecule has 0 atom stereocenters. The van der Waals surface area contributed by atoms with Gasteiger partial charge in [-0.2, -0.15) is 0 Å². The second-order valence-corrected chi connectivity index (χ2v) is 2.98. The molecule has 0 unspecified atom stereocenters. The Hall–Kier alpha value is -0.900. The van der Waals surface area contributed by atoms with Crippen LogP contribution in [0.3, 0.4) is 0 Å². The van der Waals surface area contributed by atoms with E-state index < -0.39 is 0 Å². The van der Waals surface area contributed by atoms with E-state index in [1.165, 1.54) is 11.8 Å². The van der Waals surface area contributed by atoms with Crippen molar-refractivity contribution in [2.75, 3.05) is 19.5 Å². The van der Waals surface area contributed by atoms with Crippen LogP contribution in [-0.2, 0) is 14.3 Å². The molecule has 0 aliphatic carbocycles. The summed E-state index contributed by atoms with van der Waals surface area (Å²) in [6.07, 6.45) is 2.56. The van der Waals surface area contributed by atoms with Gasteiger partial charge in [0, 0.05) is 0 Å². The standard InChI is InChI=1S/C8H10O3S/c1-6-8(7(5-9)12-2)11-4-3-10-6/h5H,1,3-4H2,2H3/b8-7+. The van der Waals surface area contributed by atoms with Crippen LogP contribution in [0.4, 0.5) is 0 Å². The molecule has 3 nitrogen and oxygen atoms in total. The second-order valence-electron chi connectivity index (χ2n) is 2.14. The largest absolute Gasteiger partial charge is 0.487 e. The summed E-state index contributed by atoms with van der Waals surface area (Å²) in [6, 6.07) is 0. The third-order valence-corrected chi connectivity index (χ3v) is 2.13. The average Bonchev–Trinajstić information content (AvgIpc) is 2.10. The van der Waals surface area contributed by atoms with Crippen LogP contribution in [-0.4, -0.2) is 25.8 Å². The summed E-state index contributed by atoms with van der Waals surface area (Å²) in [5.41, 5.74) is 0. The highest BCUT2D eigenvalue weighted by molar-refractivity contribution is 8.03. The minimum Gasteiger partial charge on any atom is -0.487 e. The lowest BCUT2D eigenvalue weighted by Gasteiger charge is -2.20. The fourth-order valence-corrected chi connectivity index (χ4v) is 1.31. The zero-order chi connectivity index (χ0) is 8.97. The molecular weight excluding hydrogens is 176 g/mol. The SMILES string of the molecule is C=C1OCCO/C1=C(\C=O)SC. The summed E-state index contributed by atoms with van der Waals surface area (Å²) in [5.74, 6) is 0.918. The maximum atomic E-state index is 10.5. The summed E-state index contributed by atoms with van der Waals surface area (Å²) in [5, 5.41) is 0. The van der Waals surface area contributed by atoms with Crippen molar-refractivity contribution in [1.82, 2.24) is 0 Å². The van der Waals surface area contributed by atoms with E-state index in [1.807, 2.05) is 6.26 Å². The summed E-state index contributed by atoms with van der Waals surface area (Å²) in [7, 11) is 0. The molecule has 0 aromatic rings.